The van der Waals surface area contributed by atoms with E-state index in [1.54, 1.807) is 32.0 Å². The normalized spacial score (nSPS) is 16.0. The number of likely N-dealkylation sites (N-methyl/N-ethyl adjacent to an activating group) is 1. The van der Waals surface area contributed by atoms with Gasteiger partial charge in [0.15, 0.2) is 5.69 Å². The van der Waals surface area contributed by atoms with Gasteiger partial charge in [0, 0.05) is 41.7 Å². The van der Waals surface area contributed by atoms with Gasteiger partial charge in [-0.3, -0.25) is 9.59 Å². The summed E-state index contributed by atoms with van der Waals surface area (Å²) >= 11 is 0. The molecule has 1 fully saturated rings. The van der Waals surface area contributed by atoms with Gasteiger partial charge in [-0.05, 0) is 49.7 Å². The van der Waals surface area contributed by atoms with Gasteiger partial charge in [-0.1, -0.05) is 11.2 Å². The van der Waals surface area contributed by atoms with E-state index in [1.165, 1.54) is 12.1 Å². The molecular weight excluding hydrogens is 499 g/mol. The third-order valence-corrected chi connectivity index (χ3v) is 6.74. The number of rotatable bonds is 6. The van der Waals surface area contributed by atoms with Crippen molar-refractivity contribution in [3.63, 3.8) is 0 Å². The standard InChI is InChI=1S/C27H30F3N5O3/c1-16-6-7-20(14-23(16)32-26(37)24-10-17(2)38-33-24)31-25(36)18-11-19(27(28,29)30)13-21(12-18)34-9-8-22(15-34)35(3,4)5/h6-7,10-14,22H,8-9,15H2,1-5H3,(H-,31,32,36,37)/p+1. The second-order valence-electron chi connectivity index (χ2n) is 10.5. The predicted molar refractivity (Wildman–Crippen MR) is 138 cm³/mol. The molecular formula is C27H31F3N5O3+. The van der Waals surface area contributed by atoms with Crippen LogP contribution in [0.2, 0.25) is 0 Å². The highest BCUT2D eigenvalue weighted by Crippen LogP contribution is 2.35. The first kappa shape index (κ1) is 27.2. The van der Waals surface area contributed by atoms with Crippen LogP contribution in [0.3, 0.4) is 0 Å². The van der Waals surface area contributed by atoms with Crippen LogP contribution < -0.4 is 15.5 Å². The fourth-order valence-corrected chi connectivity index (χ4v) is 4.39. The molecule has 1 saturated heterocycles. The van der Waals surface area contributed by atoms with Gasteiger partial charge in [-0.15, -0.1) is 0 Å². The zero-order chi connectivity index (χ0) is 27.8. The van der Waals surface area contributed by atoms with E-state index in [2.05, 4.69) is 36.9 Å². The molecule has 3 aromatic rings. The maximum absolute atomic E-state index is 13.7. The quantitative estimate of drug-likeness (QED) is 0.433. The van der Waals surface area contributed by atoms with Crippen LogP contribution in [-0.4, -0.2) is 61.7 Å². The summed E-state index contributed by atoms with van der Waals surface area (Å²) in [7, 11) is 6.18. The highest BCUT2D eigenvalue weighted by molar-refractivity contribution is 6.06. The molecule has 2 aromatic carbocycles. The number of alkyl halides is 3. The molecule has 38 heavy (non-hydrogen) atoms. The van der Waals surface area contributed by atoms with Crippen LogP contribution in [0.4, 0.5) is 30.2 Å². The van der Waals surface area contributed by atoms with E-state index < -0.39 is 23.6 Å². The van der Waals surface area contributed by atoms with Crippen molar-refractivity contribution in [3.8, 4) is 0 Å². The Morgan fingerprint density at radius 2 is 1.76 bits per heavy atom. The molecule has 202 valence electrons. The molecule has 8 nitrogen and oxygen atoms in total. The summed E-state index contributed by atoms with van der Waals surface area (Å²) in [5.41, 5.74) is 0.933. The summed E-state index contributed by atoms with van der Waals surface area (Å²) in [5, 5.41) is 9.06. The molecule has 1 atom stereocenters. The molecule has 0 aliphatic carbocycles. The Bertz CT molecular complexity index is 1360. The van der Waals surface area contributed by atoms with Crippen LogP contribution in [0.15, 0.2) is 47.0 Å². The van der Waals surface area contributed by atoms with Gasteiger partial charge in [0.2, 0.25) is 0 Å². The van der Waals surface area contributed by atoms with Crippen LogP contribution in [0.25, 0.3) is 0 Å². The summed E-state index contributed by atoms with van der Waals surface area (Å²) in [4.78, 5) is 27.5. The molecule has 0 radical (unpaired) electrons. The first-order valence-electron chi connectivity index (χ1n) is 12.2. The average Bonchev–Trinajstić information content (AvgIpc) is 3.50. The third-order valence-electron chi connectivity index (χ3n) is 6.74. The van der Waals surface area contributed by atoms with E-state index in [1.807, 2.05) is 4.90 Å². The predicted octanol–water partition coefficient (Wildman–Crippen LogP) is 5.10. The Hall–Kier alpha value is -3.86. The minimum absolute atomic E-state index is 0.0993. The van der Waals surface area contributed by atoms with Crippen molar-refractivity contribution in [1.29, 1.82) is 0 Å². The zero-order valence-corrected chi connectivity index (χ0v) is 21.9. The van der Waals surface area contributed by atoms with Crippen LogP contribution in [-0.2, 0) is 6.18 Å². The highest BCUT2D eigenvalue weighted by atomic mass is 19.4. The number of aryl methyl sites for hydroxylation is 2. The number of nitrogens with one attached hydrogen (secondary N) is 2. The van der Waals surface area contributed by atoms with E-state index in [4.69, 9.17) is 4.52 Å². The number of aromatic nitrogens is 1. The lowest BCUT2D eigenvalue weighted by atomic mass is 10.1. The number of hydrogen-bond acceptors (Lipinski definition) is 5. The highest BCUT2D eigenvalue weighted by Gasteiger charge is 2.35. The van der Waals surface area contributed by atoms with Crippen LogP contribution in [0.5, 0.6) is 0 Å². The molecule has 2 amide bonds. The Kier molecular flexibility index (Phi) is 7.24. The van der Waals surface area contributed by atoms with Crippen LogP contribution in [0.1, 0.15) is 44.2 Å². The summed E-state index contributed by atoms with van der Waals surface area (Å²) in [5.74, 6) is -0.697. The maximum Gasteiger partial charge on any atom is 0.416 e. The Morgan fingerprint density at radius 1 is 1.03 bits per heavy atom. The van der Waals surface area contributed by atoms with Gasteiger partial charge in [0.1, 0.15) is 11.8 Å². The topological polar surface area (TPSA) is 87.5 Å². The molecule has 0 spiro atoms. The lowest BCUT2D eigenvalue weighted by Gasteiger charge is -2.31. The minimum Gasteiger partial charge on any atom is -0.365 e. The molecule has 0 bridgehead atoms. The maximum atomic E-state index is 13.7. The number of amides is 2. The average molecular weight is 531 g/mol. The molecule has 0 saturated carbocycles. The van der Waals surface area contributed by atoms with Crippen molar-refractivity contribution in [1.82, 2.24) is 5.16 Å². The first-order chi connectivity index (χ1) is 17.7. The molecule has 1 aromatic heterocycles. The SMILES string of the molecule is Cc1cc(C(=O)Nc2cc(NC(=O)c3cc(N4CCC([N+](C)(C)C)C4)cc(C(F)(F)F)c3)ccc2C)no1. The number of anilines is 3. The molecule has 11 heteroatoms. The second kappa shape index (κ2) is 10.1. The summed E-state index contributed by atoms with van der Waals surface area (Å²) < 4.78 is 46.9. The Labute approximate surface area is 219 Å². The molecule has 1 aliphatic heterocycles. The largest absolute Gasteiger partial charge is 0.416 e. The van der Waals surface area contributed by atoms with Gasteiger partial charge in [-0.25, -0.2) is 0 Å². The number of carbonyl (C=O) groups is 2. The van der Waals surface area contributed by atoms with E-state index >= 15 is 0 Å². The van der Waals surface area contributed by atoms with Gasteiger partial charge in [0.25, 0.3) is 11.8 Å². The van der Waals surface area contributed by atoms with E-state index in [0.717, 1.165) is 24.1 Å². The fraction of sp³-hybridized carbons (Fsp3) is 0.370. The molecule has 1 aliphatic rings. The molecule has 2 N–H and O–H groups in total. The number of hydrogen-bond donors (Lipinski definition) is 2. The van der Waals surface area contributed by atoms with Crippen LogP contribution >= 0.6 is 0 Å². The van der Waals surface area contributed by atoms with Gasteiger partial charge >= 0.3 is 6.18 Å². The van der Waals surface area contributed by atoms with Crippen LogP contribution in [0, 0.1) is 13.8 Å². The van der Waals surface area contributed by atoms with Gasteiger partial charge in [0.05, 0.1) is 33.3 Å². The van der Waals surface area contributed by atoms with Crippen molar-refractivity contribution in [3.05, 3.63) is 70.6 Å². The third kappa shape index (κ3) is 6.16. The number of quaternary nitrogens is 1. The lowest BCUT2D eigenvalue weighted by Crippen LogP contribution is -2.46. The van der Waals surface area contributed by atoms with Crippen molar-refractivity contribution in [2.24, 2.45) is 0 Å². The number of nitrogens with zero attached hydrogens (tertiary/aromatic N) is 3. The zero-order valence-electron chi connectivity index (χ0n) is 21.9. The van der Waals surface area contributed by atoms with Crippen molar-refractivity contribution < 1.29 is 31.8 Å². The molecule has 4 rings (SSSR count). The summed E-state index contributed by atoms with van der Waals surface area (Å²) in [6.07, 6.45) is -3.77. The first-order valence-corrected chi connectivity index (χ1v) is 12.2. The summed E-state index contributed by atoms with van der Waals surface area (Å²) in [6.45, 7) is 4.64. The number of halogens is 3. The smallest absolute Gasteiger partial charge is 0.365 e. The number of benzene rings is 2. The van der Waals surface area contributed by atoms with Crippen molar-refractivity contribution >= 4 is 28.9 Å². The van der Waals surface area contributed by atoms with E-state index in [0.29, 0.717) is 40.4 Å². The Balaban J connectivity index is 1.57. The van der Waals surface area contributed by atoms with Gasteiger partial charge < -0.3 is 24.5 Å². The minimum atomic E-state index is -4.61. The fourth-order valence-electron chi connectivity index (χ4n) is 4.39. The van der Waals surface area contributed by atoms with E-state index in [9.17, 15) is 22.8 Å². The second-order valence-corrected chi connectivity index (χ2v) is 10.5. The lowest BCUT2D eigenvalue weighted by molar-refractivity contribution is -0.893. The van der Waals surface area contributed by atoms with Gasteiger partial charge in [-0.2, -0.15) is 13.2 Å². The monoisotopic (exact) mass is 530 g/mol. The van der Waals surface area contributed by atoms with Crippen molar-refractivity contribution in [2.75, 3.05) is 49.8 Å². The van der Waals surface area contributed by atoms with Crippen molar-refractivity contribution in [2.45, 2.75) is 32.5 Å². The molecule has 1 unspecified atom stereocenters. The van der Waals surface area contributed by atoms with E-state index in [-0.39, 0.29) is 17.3 Å². The Morgan fingerprint density at radius 3 is 2.37 bits per heavy atom. The number of carbonyl (C=O) groups excluding carboxylic acids is 2. The molecule has 2 heterocycles. The summed E-state index contributed by atoms with van der Waals surface area (Å²) in [6, 6.07) is 10.0.